The second kappa shape index (κ2) is 8.85. The van der Waals surface area contributed by atoms with E-state index < -0.39 is 0 Å². The van der Waals surface area contributed by atoms with Crippen LogP contribution in [0.5, 0.6) is 0 Å². The third-order valence-electron chi connectivity index (χ3n) is 10.8. The van der Waals surface area contributed by atoms with Gasteiger partial charge < -0.3 is 9.47 Å². The minimum Gasteiger partial charge on any atom is -0.374 e. The van der Waals surface area contributed by atoms with Crippen LogP contribution in [0.4, 0.5) is 0 Å². The summed E-state index contributed by atoms with van der Waals surface area (Å²) < 4.78 is 12.9. The summed E-state index contributed by atoms with van der Waals surface area (Å²) in [5.74, 6) is 5.19. The van der Waals surface area contributed by atoms with E-state index in [4.69, 9.17) is 9.47 Å². The monoisotopic (exact) mass is 446 g/mol. The van der Waals surface area contributed by atoms with Crippen molar-refractivity contribution in [3.05, 3.63) is 0 Å². The molecule has 5 unspecified atom stereocenters. The van der Waals surface area contributed by atoms with E-state index in [2.05, 4.69) is 62.3 Å². The summed E-state index contributed by atoms with van der Waals surface area (Å²) in [5.41, 5.74) is 1.14. The predicted molar refractivity (Wildman–Crippen MR) is 135 cm³/mol. The van der Waals surface area contributed by atoms with Crippen LogP contribution in [0.2, 0.25) is 0 Å². The lowest BCUT2D eigenvalue weighted by molar-refractivity contribution is -0.191. The first-order valence-corrected chi connectivity index (χ1v) is 14.2. The number of fused-ring (bicyclic) bond motifs is 2. The second-order valence-corrected chi connectivity index (χ2v) is 14.5. The Hall–Kier alpha value is -0.0800. The van der Waals surface area contributed by atoms with E-state index in [9.17, 15) is 0 Å². The van der Waals surface area contributed by atoms with Crippen LogP contribution in [0.25, 0.3) is 0 Å². The molecule has 6 rings (SSSR count). The molecular formula is C30H54O2. The van der Waals surface area contributed by atoms with Crippen molar-refractivity contribution in [3.63, 3.8) is 0 Å². The molecule has 6 aliphatic rings. The lowest BCUT2D eigenvalue weighted by Crippen LogP contribution is -2.53. The summed E-state index contributed by atoms with van der Waals surface area (Å²) in [7, 11) is 0. The van der Waals surface area contributed by atoms with E-state index in [1.54, 1.807) is 0 Å². The van der Waals surface area contributed by atoms with Gasteiger partial charge in [-0.1, -0.05) is 48.5 Å². The van der Waals surface area contributed by atoms with Gasteiger partial charge in [0, 0.05) is 0 Å². The maximum absolute atomic E-state index is 6.51. The van der Waals surface area contributed by atoms with Crippen LogP contribution in [0.3, 0.4) is 0 Å². The number of rotatable bonds is 6. The third-order valence-corrected chi connectivity index (χ3v) is 10.8. The van der Waals surface area contributed by atoms with Crippen LogP contribution < -0.4 is 0 Å². The van der Waals surface area contributed by atoms with Gasteiger partial charge in [0.15, 0.2) is 0 Å². The molecule has 32 heavy (non-hydrogen) atoms. The molecule has 0 radical (unpaired) electrons. The van der Waals surface area contributed by atoms with E-state index in [-0.39, 0.29) is 0 Å². The zero-order valence-corrected chi connectivity index (χ0v) is 22.9. The van der Waals surface area contributed by atoms with Crippen LogP contribution in [-0.4, -0.2) is 23.9 Å². The molecule has 6 aliphatic carbocycles. The highest BCUT2D eigenvalue weighted by Crippen LogP contribution is 2.64. The van der Waals surface area contributed by atoms with Crippen molar-refractivity contribution in [2.24, 2.45) is 46.3 Å². The van der Waals surface area contributed by atoms with Crippen molar-refractivity contribution in [2.75, 3.05) is 0 Å². The molecular weight excluding hydrogens is 392 g/mol. The Labute approximate surface area is 200 Å². The summed E-state index contributed by atoms with van der Waals surface area (Å²) in [6.45, 7) is 20.9. The maximum Gasteiger partial charge on any atom is 0.0694 e. The molecule has 6 fully saturated rings. The lowest BCUT2D eigenvalue weighted by atomic mass is 9.54. The van der Waals surface area contributed by atoms with Gasteiger partial charge >= 0.3 is 0 Å². The Morgan fingerprint density at radius 1 is 0.688 bits per heavy atom. The minimum atomic E-state index is 0.304. The summed E-state index contributed by atoms with van der Waals surface area (Å²) in [5, 5.41) is 0. The Bertz CT molecular complexity index is 609. The van der Waals surface area contributed by atoms with Gasteiger partial charge in [0.05, 0.1) is 23.9 Å². The molecule has 2 heteroatoms. The highest BCUT2D eigenvalue weighted by atomic mass is 16.5. The van der Waals surface area contributed by atoms with E-state index in [0.29, 0.717) is 46.6 Å². The van der Waals surface area contributed by atoms with Gasteiger partial charge in [0.2, 0.25) is 0 Å². The van der Waals surface area contributed by atoms with Gasteiger partial charge in [-0.25, -0.2) is 0 Å². The van der Waals surface area contributed by atoms with Crippen LogP contribution in [0, 0.1) is 46.3 Å². The molecule has 2 nitrogen and oxygen atoms in total. The van der Waals surface area contributed by atoms with Crippen molar-refractivity contribution >= 4 is 0 Å². The average Bonchev–Trinajstić information content (AvgIpc) is 3.15. The molecule has 0 amide bonds. The van der Waals surface area contributed by atoms with Crippen molar-refractivity contribution in [3.8, 4) is 0 Å². The Morgan fingerprint density at radius 3 is 1.59 bits per heavy atom. The SMILES string of the molecule is CC(C)C(C)OC12CC3CC(CC(C3)C1)C2.CC(C)C(C)OC1C2(C)CCC(C2)C1(C)C. The van der Waals surface area contributed by atoms with Crippen molar-refractivity contribution < 1.29 is 9.47 Å². The quantitative estimate of drug-likeness (QED) is 0.408. The largest absolute Gasteiger partial charge is 0.374 e. The van der Waals surface area contributed by atoms with Gasteiger partial charge in [-0.3, -0.25) is 0 Å². The fourth-order valence-corrected chi connectivity index (χ4v) is 8.67. The van der Waals surface area contributed by atoms with Crippen LogP contribution >= 0.6 is 0 Å². The third kappa shape index (κ3) is 4.71. The zero-order valence-electron chi connectivity index (χ0n) is 22.9. The highest BCUT2D eigenvalue weighted by molar-refractivity contribution is 5.10. The van der Waals surface area contributed by atoms with Gasteiger partial charge in [0.25, 0.3) is 0 Å². The molecule has 0 N–H and O–H groups in total. The van der Waals surface area contributed by atoms with E-state index in [1.807, 2.05) is 0 Å². The molecule has 0 aromatic heterocycles. The molecule has 0 aromatic rings. The fourth-order valence-electron chi connectivity index (χ4n) is 8.67. The van der Waals surface area contributed by atoms with Gasteiger partial charge in [-0.2, -0.15) is 0 Å². The first kappa shape index (κ1) is 25.0. The molecule has 6 bridgehead atoms. The van der Waals surface area contributed by atoms with Crippen molar-refractivity contribution in [2.45, 2.75) is 144 Å². The highest BCUT2D eigenvalue weighted by Gasteiger charge is 2.60. The molecule has 0 aliphatic heterocycles. The van der Waals surface area contributed by atoms with Gasteiger partial charge in [-0.05, 0) is 118 Å². The van der Waals surface area contributed by atoms with E-state index in [1.165, 1.54) is 57.8 Å². The molecule has 6 saturated carbocycles. The van der Waals surface area contributed by atoms with Crippen molar-refractivity contribution in [1.29, 1.82) is 0 Å². The molecule has 0 spiro atoms. The molecule has 0 heterocycles. The number of hydrogen-bond donors (Lipinski definition) is 0. The Kier molecular flexibility index (Phi) is 6.92. The predicted octanol–water partition coefficient (Wildman–Crippen LogP) is 8.28. The van der Waals surface area contributed by atoms with Crippen LogP contribution in [-0.2, 0) is 9.47 Å². The molecule has 0 saturated heterocycles. The first-order valence-electron chi connectivity index (χ1n) is 14.2. The normalized spacial score (nSPS) is 45.3. The van der Waals surface area contributed by atoms with Gasteiger partial charge in [-0.15, -0.1) is 0 Å². The average molecular weight is 447 g/mol. The summed E-state index contributed by atoms with van der Waals surface area (Å²) >= 11 is 0. The molecule has 0 aromatic carbocycles. The first-order chi connectivity index (χ1) is 14.8. The Morgan fingerprint density at radius 2 is 1.19 bits per heavy atom. The van der Waals surface area contributed by atoms with E-state index >= 15 is 0 Å². The molecule has 5 atom stereocenters. The second-order valence-electron chi connectivity index (χ2n) is 14.5. The Balaban J connectivity index is 0.000000153. The summed E-state index contributed by atoms with van der Waals surface area (Å²) in [6.07, 6.45) is 14.1. The topological polar surface area (TPSA) is 18.5 Å². The van der Waals surface area contributed by atoms with E-state index in [0.717, 1.165) is 23.7 Å². The smallest absolute Gasteiger partial charge is 0.0694 e. The maximum atomic E-state index is 6.51. The number of hydrogen-bond acceptors (Lipinski definition) is 2. The fraction of sp³-hybridized carbons (Fsp3) is 1.00. The zero-order chi connectivity index (χ0) is 23.5. The van der Waals surface area contributed by atoms with Crippen molar-refractivity contribution in [1.82, 2.24) is 0 Å². The minimum absolute atomic E-state index is 0.304. The van der Waals surface area contributed by atoms with Gasteiger partial charge in [0.1, 0.15) is 0 Å². The molecule has 186 valence electrons. The lowest BCUT2D eigenvalue weighted by Gasteiger charge is -2.57. The summed E-state index contributed by atoms with van der Waals surface area (Å²) in [4.78, 5) is 0. The number of ether oxygens (including phenoxy) is 2. The van der Waals surface area contributed by atoms with Crippen LogP contribution in [0.15, 0.2) is 0 Å². The standard InChI is InChI=1S/C15H26O.C15H28O/c1-10(2)11(3)16-15-7-12-4-13(8-15)6-14(5-12)9-15;1-10(2)11(3)16-13-14(4,5)12-7-8-15(13,6)9-12/h10-14H,4-9H2,1-3H3;10-13H,7-9H2,1-6H3. The summed E-state index contributed by atoms with van der Waals surface area (Å²) in [6, 6.07) is 0. The van der Waals surface area contributed by atoms with Crippen LogP contribution in [0.1, 0.15) is 120 Å².